The fourth-order valence-electron chi connectivity index (χ4n) is 2.26. The van der Waals surface area contributed by atoms with Gasteiger partial charge in [-0.3, -0.25) is 0 Å². The SMILES string of the molecule is CN(C)CCOC(=O)c1ccc(C(C=C(N)C(F)(F)F)=Nc2ccccc2Cl)cc1. The van der Waals surface area contributed by atoms with Crippen LogP contribution in [0.25, 0.3) is 0 Å². The Labute approximate surface area is 177 Å². The van der Waals surface area contributed by atoms with E-state index < -0.39 is 17.8 Å². The van der Waals surface area contributed by atoms with Crippen molar-refractivity contribution in [2.45, 2.75) is 6.18 Å². The molecular formula is C21H21ClF3N3O2. The molecule has 0 aromatic heterocycles. The number of carbonyl (C=O) groups is 1. The van der Waals surface area contributed by atoms with Crippen molar-refractivity contribution < 1.29 is 22.7 Å². The van der Waals surface area contributed by atoms with E-state index in [4.69, 9.17) is 22.1 Å². The number of carbonyl (C=O) groups excluding carboxylic acids is 1. The van der Waals surface area contributed by atoms with Crippen molar-refractivity contribution in [3.63, 3.8) is 0 Å². The van der Waals surface area contributed by atoms with E-state index in [1.165, 1.54) is 24.3 Å². The summed E-state index contributed by atoms with van der Waals surface area (Å²) in [6, 6.07) is 12.3. The Morgan fingerprint density at radius 2 is 1.73 bits per heavy atom. The van der Waals surface area contributed by atoms with Gasteiger partial charge >= 0.3 is 12.1 Å². The van der Waals surface area contributed by atoms with Gasteiger partial charge in [-0.15, -0.1) is 0 Å². The minimum Gasteiger partial charge on any atom is -0.461 e. The molecule has 0 aliphatic carbocycles. The van der Waals surface area contributed by atoms with Crippen LogP contribution in [0.4, 0.5) is 18.9 Å². The van der Waals surface area contributed by atoms with Crippen LogP contribution >= 0.6 is 11.6 Å². The molecule has 0 heterocycles. The van der Waals surface area contributed by atoms with Gasteiger partial charge in [0.1, 0.15) is 12.3 Å². The number of likely N-dealkylation sites (N-methyl/N-ethyl adjacent to an activating group) is 1. The Morgan fingerprint density at radius 1 is 1.13 bits per heavy atom. The van der Waals surface area contributed by atoms with Crippen LogP contribution in [-0.2, 0) is 4.74 Å². The number of para-hydroxylation sites is 1. The maximum absolute atomic E-state index is 12.9. The molecule has 0 amide bonds. The summed E-state index contributed by atoms with van der Waals surface area (Å²) >= 11 is 6.07. The van der Waals surface area contributed by atoms with E-state index in [-0.39, 0.29) is 28.6 Å². The second kappa shape index (κ2) is 10.3. The number of rotatable bonds is 7. The van der Waals surface area contributed by atoms with Gasteiger partial charge in [0.15, 0.2) is 0 Å². The van der Waals surface area contributed by atoms with Crippen molar-refractivity contribution in [2.24, 2.45) is 10.7 Å². The lowest BCUT2D eigenvalue weighted by molar-refractivity contribution is -0.0925. The Bertz CT molecular complexity index is 939. The van der Waals surface area contributed by atoms with Crippen LogP contribution in [0.1, 0.15) is 15.9 Å². The third kappa shape index (κ3) is 6.89. The van der Waals surface area contributed by atoms with Gasteiger partial charge in [0.25, 0.3) is 0 Å². The highest BCUT2D eigenvalue weighted by Crippen LogP contribution is 2.27. The number of benzene rings is 2. The zero-order valence-electron chi connectivity index (χ0n) is 16.4. The number of allylic oxidation sites excluding steroid dienone is 2. The maximum atomic E-state index is 12.9. The van der Waals surface area contributed by atoms with E-state index >= 15 is 0 Å². The van der Waals surface area contributed by atoms with Crippen LogP contribution < -0.4 is 5.73 Å². The highest BCUT2D eigenvalue weighted by atomic mass is 35.5. The molecule has 0 aliphatic rings. The molecule has 0 atom stereocenters. The molecule has 160 valence electrons. The van der Waals surface area contributed by atoms with Gasteiger partial charge in [0, 0.05) is 12.1 Å². The summed E-state index contributed by atoms with van der Waals surface area (Å²) in [5, 5.41) is 0.273. The van der Waals surface area contributed by atoms with Crippen molar-refractivity contribution in [3.8, 4) is 0 Å². The van der Waals surface area contributed by atoms with Gasteiger partial charge in [-0.2, -0.15) is 13.2 Å². The number of nitrogens with zero attached hydrogens (tertiary/aromatic N) is 2. The van der Waals surface area contributed by atoms with Crippen LogP contribution in [-0.4, -0.2) is 50.0 Å². The van der Waals surface area contributed by atoms with Crippen LogP contribution in [0.15, 0.2) is 65.3 Å². The standard InChI is InChI=1S/C21H21ClF3N3O2/c1-28(2)11-12-30-20(29)15-9-7-14(8-10-15)18(13-19(26)21(23,24)25)27-17-6-4-3-5-16(17)22/h3-10,13H,11-12,26H2,1-2H3. The molecule has 0 saturated heterocycles. The largest absolute Gasteiger partial charge is 0.461 e. The third-order valence-electron chi connectivity index (χ3n) is 3.90. The van der Waals surface area contributed by atoms with Crippen LogP contribution in [0.5, 0.6) is 0 Å². The van der Waals surface area contributed by atoms with Crippen molar-refractivity contribution in [1.29, 1.82) is 0 Å². The summed E-state index contributed by atoms with van der Waals surface area (Å²) in [6.45, 7) is 0.789. The number of nitrogens with two attached hydrogens (primary N) is 1. The third-order valence-corrected chi connectivity index (χ3v) is 4.22. The van der Waals surface area contributed by atoms with Crippen LogP contribution in [0.2, 0.25) is 5.02 Å². The summed E-state index contributed by atoms with van der Waals surface area (Å²) in [4.78, 5) is 18.2. The quantitative estimate of drug-likeness (QED) is 0.506. The second-order valence-electron chi connectivity index (χ2n) is 6.56. The number of ether oxygens (including phenoxy) is 1. The van der Waals surface area contributed by atoms with Crippen molar-refractivity contribution in [2.75, 3.05) is 27.2 Å². The van der Waals surface area contributed by atoms with E-state index in [1.807, 2.05) is 19.0 Å². The average Bonchev–Trinajstić information content (AvgIpc) is 2.68. The summed E-state index contributed by atoms with van der Waals surface area (Å²) < 4.78 is 44.0. The van der Waals surface area contributed by atoms with Gasteiger partial charge in [0.05, 0.1) is 22.0 Å². The Hall–Kier alpha value is -2.84. The zero-order valence-corrected chi connectivity index (χ0v) is 17.2. The van der Waals surface area contributed by atoms with Crippen LogP contribution in [0, 0.1) is 0 Å². The van der Waals surface area contributed by atoms with Crippen molar-refractivity contribution in [3.05, 3.63) is 76.5 Å². The molecule has 0 fully saturated rings. The molecule has 2 rings (SSSR count). The number of esters is 1. The topological polar surface area (TPSA) is 67.9 Å². The fraction of sp³-hybridized carbons (Fsp3) is 0.238. The normalized spacial score (nSPS) is 12.9. The maximum Gasteiger partial charge on any atom is 0.430 e. The molecule has 5 nitrogen and oxygen atoms in total. The summed E-state index contributed by atoms with van der Waals surface area (Å²) in [6.07, 6.45) is -3.98. The number of aliphatic imine (C=N–C) groups is 1. The Kier molecular flexibility index (Phi) is 8.02. The molecule has 30 heavy (non-hydrogen) atoms. The monoisotopic (exact) mass is 439 g/mol. The van der Waals surface area contributed by atoms with E-state index in [0.29, 0.717) is 12.1 Å². The lowest BCUT2D eigenvalue weighted by atomic mass is 10.1. The van der Waals surface area contributed by atoms with E-state index in [9.17, 15) is 18.0 Å². The highest BCUT2D eigenvalue weighted by Gasteiger charge is 2.31. The summed E-state index contributed by atoms with van der Waals surface area (Å²) in [5.41, 5.74) is 4.70. The zero-order chi connectivity index (χ0) is 22.3. The first kappa shape index (κ1) is 23.4. The number of halogens is 4. The highest BCUT2D eigenvalue weighted by molar-refractivity contribution is 6.33. The lowest BCUT2D eigenvalue weighted by Crippen LogP contribution is -2.21. The van der Waals surface area contributed by atoms with Gasteiger partial charge in [-0.25, -0.2) is 9.79 Å². The number of alkyl halides is 3. The van der Waals surface area contributed by atoms with Gasteiger partial charge in [-0.05, 0) is 44.4 Å². The Morgan fingerprint density at radius 3 is 2.30 bits per heavy atom. The van der Waals surface area contributed by atoms with E-state index in [0.717, 1.165) is 6.08 Å². The molecule has 2 N–H and O–H groups in total. The van der Waals surface area contributed by atoms with E-state index in [1.54, 1.807) is 24.3 Å². The first-order chi connectivity index (χ1) is 14.1. The minimum atomic E-state index is -4.71. The predicted molar refractivity (Wildman–Crippen MR) is 111 cm³/mol. The molecule has 2 aromatic carbocycles. The van der Waals surface area contributed by atoms with Gasteiger partial charge in [0.2, 0.25) is 0 Å². The molecule has 2 aromatic rings. The van der Waals surface area contributed by atoms with Crippen molar-refractivity contribution >= 4 is 29.0 Å². The summed E-state index contributed by atoms with van der Waals surface area (Å²) in [7, 11) is 3.70. The summed E-state index contributed by atoms with van der Waals surface area (Å²) in [5.74, 6) is -0.529. The Balaban J connectivity index is 2.35. The average molecular weight is 440 g/mol. The predicted octanol–water partition coefficient (Wildman–Crippen LogP) is 4.58. The molecule has 0 spiro atoms. The molecular weight excluding hydrogens is 419 g/mol. The minimum absolute atomic E-state index is 0.0505. The molecule has 0 bridgehead atoms. The number of hydrogen-bond acceptors (Lipinski definition) is 5. The lowest BCUT2D eigenvalue weighted by Gasteiger charge is -2.11. The first-order valence-electron chi connectivity index (χ1n) is 8.88. The van der Waals surface area contributed by atoms with Gasteiger partial charge in [-0.1, -0.05) is 35.9 Å². The molecule has 9 heteroatoms. The van der Waals surface area contributed by atoms with Crippen molar-refractivity contribution in [1.82, 2.24) is 4.90 Å². The second-order valence-corrected chi connectivity index (χ2v) is 6.97. The van der Waals surface area contributed by atoms with E-state index in [2.05, 4.69) is 4.99 Å². The fourth-order valence-corrected chi connectivity index (χ4v) is 2.44. The molecule has 0 aliphatic heterocycles. The van der Waals surface area contributed by atoms with Crippen LogP contribution in [0.3, 0.4) is 0 Å². The number of hydrogen-bond donors (Lipinski definition) is 1. The van der Waals surface area contributed by atoms with Gasteiger partial charge < -0.3 is 15.4 Å². The smallest absolute Gasteiger partial charge is 0.430 e. The molecule has 0 saturated carbocycles. The molecule has 0 unspecified atom stereocenters. The first-order valence-corrected chi connectivity index (χ1v) is 9.25. The molecule has 0 radical (unpaired) electrons.